The van der Waals surface area contributed by atoms with Crippen LogP contribution in [0.1, 0.15) is 20.3 Å². The Kier molecular flexibility index (Phi) is 4.07. The van der Waals surface area contributed by atoms with Crippen LogP contribution in [0.25, 0.3) is 0 Å². The first kappa shape index (κ1) is 13.8. The van der Waals surface area contributed by atoms with Crippen LogP contribution in [0.15, 0.2) is 0 Å². The summed E-state index contributed by atoms with van der Waals surface area (Å²) in [5.74, 6) is 3.55. The molecule has 0 aromatic carbocycles. The fourth-order valence-electron chi connectivity index (χ4n) is 2.25. The summed E-state index contributed by atoms with van der Waals surface area (Å²) in [7, 11) is 5.72. The quantitative estimate of drug-likeness (QED) is 0.892. The summed E-state index contributed by atoms with van der Waals surface area (Å²) in [6, 6.07) is 0. The molecule has 6 heteroatoms. The topological polar surface area (TPSA) is 57.2 Å². The van der Waals surface area contributed by atoms with Crippen molar-refractivity contribution in [2.24, 2.45) is 11.8 Å². The zero-order chi connectivity index (χ0) is 14.0. The van der Waals surface area contributed by atoms with Crippen LogP contribution in [0.3, 0.4) is 0 Å². The second kappa shape index (κ2) is 5.59. The van der Waals surface area contributed by atoms with Crippen molar-refractivity contribution in [1.29, 1.82) is 0 Å². The number of rotatable bonds is 3. The molecule has 1 N–H and O–H groups in total. The molecule has 2 heterocycles. The molecule has 0 amide bonds. The molecule has 0 spiro atoms. The van der Waals surface area contributed by atoms with Crippen molar-refractivity contribution in [2.45, 2.75) is 20.3 Å². The number of hydrogen-bond donors (Lipinski definition) is 1. The minimum Gasteiger partial charge on any atom is -0.357 e. The number of hydrogen-bond acceptors (Lipinski definition) is 6. The molecule has 2 unspecified atom stereocenters. The molecule has 1 aliphatic heterocycles. The van der Waals surface area contributed by atoms with E-state index in [9.17, 15) is 0 Å². The first-order valence-corrected chi connectivity index (χ1v) is 6.87. The Labute approximate surface area is 115 Å². The van der Waals surface area contributed by atoms with E-state index in [-0.39, 0.29) is 0 Å². The molecule has 0 aliphatic carbocycles. The van der Waals surface area contributed by atoms with Crippen molar-refractivity contribution in [2.75, 3.05) is 49.3 Å². The maximum Gasteiger partial charge on any atom is 0.231 e. The van der Waals surface area contributed by atoms with E-state index >= 15 is 0 Å². The Morgan fingerprint density at radius 2 is 1.89 bits per heavy atom. The van der Waals surface area contributed by atoms with E-state index in [1.165, 1.54) is 6.42 Å². The van der Waals surface area contributed by atoms with Crippen molar-refractivity contribution < 1.29 is 0 Å². The minimum atomic E-state index is 0.625. The number of anilines is 3. The summed E-state index contributed by atoms with van der Waals surface area (Å²) < 4.78 is 0. The molecule has 2 atom stereocenters. The van der Waals surface area contributed by atoms with Gasteiger partial charge in [-0.3, -0.25) is 0 Å². The summed E-state index contributed by atoms with van der Waals surface area (Å²) >= 11 is 0. The maximum absolute atomic E-state index is 4.55. The summed E-state index contributed by atoms with van der Waals surface area (Å²) in [6.45, 7) is 6.65. The third-order valence-electron chi connectivity index (χ3n) is 3.85. The van der Waals surface area contributed by atoms with Crippen molar-refractivity contribution in [3.63, 3.8) is 0 Å². The minimum absolute atomic E-state index is 0.625. The van der Waals surface area contributed by atoms with Gasteiger partial charge >= 0.3 is 0 Å². The van der Waals surface area contributed by atoms with E-state index in [2.05, 4.69) is 39.0 Å². The Morgan fingerprint density at radius 3 is 2.47 bits per heavy atom. The van der Waals surface area contributed by atoms with Gasteiger partial charge in [0.2, 0.25) is 17.8 Å². The highest BCUT2D eigenvalue weighted by Crippen LogP contribution is 2.26. The molecular weight excluding hydrogens is 240 g/mol. The van der Waals surface area contributed by atoms with Gasteiger partial charge in [0.1, 0.15) is 0 Å². The SMILES string of the molecule is CNc1nc(N(C)C)nc(N2CCC(C)C(C)C2)n1. The van der Waals surface area contributed by atoms with Crippen LogP contribution in [-0.2, 0) is 0 Å². The first-order valence-electron chi connectivity index (χ1n) is 6.87. The Morgan fingerprint density at radius 1 is 1.16 bits per heavy atom. The van der Waals surface area contributed by atoms with Crippen molar-refractivity contribution in [1.82, 2.24) is 15.0 Å². The van der Waals surface area contributed by atoms with Crippen LogP contribution < -0.4 is 15.1 Å². The van der Waals surface area contributed by atoms with Crippen LogP contribution in [0.2, 0.25) is 0 Å². The molecule has 19 heavy (non-hydrogen) atoms. The van der Waals surface area contributed by atoms with Gasteiger partial charge in [-0.25, -0.2) is 0 Å². The number of piperidine rings is 1. The van der Waals surface area contributed by atoms with E-state index in [0.717, 1.165) is 25.0 Å². The number of nitrogens with one attached hydrogen (secondary N) is 1. The van der Waals surface area contributed by atoms with Crippen LogP contribution in [0, 0.1) is 11.8 Å². The summed E-state index contributed by atoms with van der Waals surface area (Å²) in [5.41, 5.74) is 0. The van der Waals surface area contributed by atoms with Gasteiger partial charge in [-0.1, -0.05) is 13.8 Å². The average molecular weight is 264 g/mol. The van der Waals surface area contributed by atoms with E-state index < -0.39 is 0 Å². The largest absolute Gasteiger partial charge is 0.357 e. The van der Waals surface area contributed by atoms with Gasteiger partial charge in [-0.05, 0) is 18.3 Å². The average Bonchev–Trinajstić information content (AvgIpc) is 2.41. The van der Waals surface area contributed by atoms with Gasteiger partial charge in [0.05, 0.1) is 0 Å². The highest BCUT2D eigenvalue weighted by atomic mass is 15.3. The molecule has 6 nitrogen and oxygen atoms in total. The predicted molar refractivity (Wildman–Crippen MR) is 78.9 cm³/mol. The van der Waals surface area contributed by atoms with E-state index in [4.69, 9.17) is 0 Å². The monoisotopic (exact) mass is 264 g/mol. The normalized spacial score (nSPS) is 23.3. The van der Waals surface area contributed by atoms with Gasteiger partial charge < -0.3 is 15.1 Å². The summed E-state index contributed by atoms with van der Waals surface area (Å²) in [6.07, 6.45) is 1.19. The second-order valence-electron chi connectivity index (χ2n) is 5.59. The molecule has 0 saturated carbocycles. The Hall–Kier alpha value is -1.59. The van der Waals surface area contributed by atoms with E-state index in [0.29, 0.717) is 17.8 Å². The molecule has 1 fully saturated rings. The zero-order valence-corrected chi connectivity index (χ0v) is 12.5. The third-order valence-corrected chi connectivity index (χ3v) is 3.85. The molecule has 1 aromatic heterocycles. The maximum atomic E-state index is 4.55. The fourth-order valence-corrected chi connectivity index (χ4v) is 2.25. The molecule has 0 bridgehead atoms. The molecule has 1 saturated heterocycles. The lowest BCUT2D eigenvalue weighted by molar-refractivity contribution is 0.321. The van der Waals surface area contributed by atoms with Gasteiger partial charge in [0.25, 0.3) is 0 Å². The molecule has 1 aliphatic rings. The van der Waals surface area contributed by atoms with Gasteiger partial charge in [-0.2, -0.15) is 15.0 Å². The summed E-state index contributed by atoms with van der Waals surface area (Å²) in [4.78, 5) is 17.6. The van der Waals surface area contributed by atoms with Crippen LogP contribution in [0.5, 0.6) is 0 Å². The Bertz CT molecular complexity index is 433. The lowest BCUT2D eigenvalue weighted by Crippen LogP contribution is -2.39. The molecule has 2 rings (SSSR count). The number of nitrogens with zero attached hydrogens (tertiary/aromatic N) is 5. The van der Waals surface area contributed by atoms with Crippen molar-refractivity contribution >= 4 is 17.8 Å². The van der Waals surface area contributed by atoms with Crippen LogP contribution >= 0.6 is 0 Å². The van der Waals surface area contributed by atoms with E-state index in [1.807, 2.05) is 26.0 Å². The van der Waals surface area contributed by atoms with Crippen LogP contribution in [0.4, 0.5) is 17.8 Å². The number of aromatic nitrogens is 3. The standard InChI is InChI=1S/C13H24N6/c1-9-6-7-19(8-10(9)2)13-16-11(14-3)15-12(17-13)18(4)5/h9-10H,6-8H2,1-5H3,(H,14,15,16,17). The van der Waals surface area contributed by atoms with E-state index in [1.54, 1.807) is 0 Å². The molecule has 0 radical (unpaired) electrons. The van der Waals surface area contributed by atoms with Crippen molar-refractivity contribution in [3.8, 4) is 0 Å². The highest BCUT2D eigenvalue weighted by Gasteiger charge is 2.25. The van der Waals surface area contributed by atoms with Gasteiger partial charge in [0, 0.05) is 34.2 Å². The van der Waals surface area contributed by atoms with Gasteiger partial charge in [0.15, 0.2) is 0 Å². The predicted octanol–water partition coefficient (Wildman–Crippen LogP) is 1.46. The summed E-state index contributed by atoms with van der Waals surface area (Å²) in [5, 5.41) is 3.01. The lowest BCUT2D eigenvalue weighted by atomic mass is 9.89. The first-order chi connectivity index (χ1) is 9.01. The van der Waals surface area contributed by atoms with Gasteiger partial charge in [-0.15, -0.1) is 0 Å². The molecule has 1 aromatic rings. The molecular formula is C13H24N6. The zero-order valence-electron chi connectivity index (χ0n) is 12.5. The molecule has 106 valence electrons. The fraction of sp³-hybridized carbons (Fsp3) is 0.769. The lowest BCUT2D eigenvalue weighted by Gasteiger charge is -2.35. The Balaban J connectivity index is 2.26. The van der Waals surface area contributed by atoms with Crippen molar-refractivity contribution in [3.05, 3.63) is 0 Å². The highest BCUT2D eigenvalue weighted by molar-refractivity contribution is 5.44. The smallest absolute Gasteiger partial charge is 0.231 e. The van der Waals surface area contributed by atoms with Crippen LogP contribution in [-0.4, -0.2) is 49.2 Å². The third kappa shape index (κ3) is 3.05. The second-order valence-corrected chi connectivity index (χ2v) is 5.59.